The van der Waals surface area contributed by atoms with Gasteiger partial charge in [-0.3, -0.25) is 9.59 Å². The molecule has 0 bridgehead atoms. The van der Waals surface area contributed by atoms with Gasteiger partial charge in [-0.15, -0.1) is 0 Å². The van der Waals surface area contributed by atoms with E-state index in [-0.39, 0.29) is 10.7 Å². The quantitative estimate of drug-likeness (QED) is 0.765. The second-order valence-electron chi connectivity index (χ2n) is 5.54. The van der Waals surface area contributed by atoms with Gasteiger partial charge in [0.1, 0.15) is 10.7 Å². The van der Waals surface area contributed by atoms with E-state index < -0.39 is 11.8 Å². The Labute approximate surface area is 153 Å². The van der Waals surface area contributed by atoms with Crippen LogP contribution in [0.3, 0.4) is 0 Å². The molecule has 1 aliphatic heterocycles. The van der Waals surface area contributed by atoms with Crippen molar-refractivity contribution in [2.24, 2.45) is 0 Å². The number of aryl methyl sites for hydroxylation is 2. The number of imide groups is 1. The first-order valence-corrected chi connectivity index (χ1v) is 8.44. The molecule has 0 atom stereocenters. The molecule has 2 aromatic rings. The van der Waals surface area contributed by atoms with E-state index in [0.29, 0.717) is 11.4 Å². The van der Waals surface area contributed by atoms with E-state index in [1.165, 1.54) is 0 Å². The molecule has 2 aromatic carbocycles. The maximum atomic E-state index is 12.7. The van der Waals surface area contributed by atoms with Crippen molar-refractivity contribution in [3.63, 3.8) is 0 Å². The van der Waals surface area contributed by atoms with Gasteiger partial charge in [-0.05, 0) is 61.4 Å². The molecule has 2 amide bonds. The molecule has 0 unspecified atom stereocenters. The molecule has 0 spiro atoms. The van der Waals surface area contributed by atoms with Crippen molar-refractivity contribution in [2.45, 2.75) is 13.8 Å². The van der Waals surface area contributed by atoms with Gasteiger partial charge in [0.25, 0.3) is 11.8 Å². The first-order valence-electron chi connectivity index (χ1n) is 7.27. The molecule has 4 nitrogen and oxygen atoms in total. The van der Waals surface area contributed by atoms with E-state index in [1.807, 2.05) is 32.0 Å². The predicted molar refractivity (Wildman–Crippen MR) is 99.1 cm³/mol. The van der Waals surface area contributed by atoms with Gasteiger partial charge in [0, 0.05) is 10.2 Å². The minimum absolute atomic E-state index is 0.0906. The lowest BCUT2D eigenvalue weighted by Crippen LogP contribution is -2.32. The fraction of sp³-hybridized carbons (Fsp3) is 0.111. The number of benzene rings is 2. The standard InChI is InChI=1S/C18H14BrClN2O2/c1-10-3-6-13(9-11(10)2)21-16-15(20)17(23)22(18(16)24)14-7-4-12(19)5-8-14/h3-9,21H,1-2H3. The first kappa shape index (κ1) is 16.7. The van der Waals surface area contributed by atoms with Gasteiger partial charge in [-0.1, -0.05) is 33.6 Å². The number of hydrogen-bond donors (Lipinski definition) is 1. The van der Waals surface area contributed by atoms with Gasteiger partial charge in [0.05, 0.1) is 5.69 Å². The number of hydrogen-bond acceptors (Lipinski definition) is 3. The Morgan fingerprint density at radius 3 is 2.25 bits per heavy atom. The average molecular weight is 406 g/mol. The van der Waals surface area contributed by atoms with E-state index in [0.717, 1.165) is 20.5 Å². The largest absolute Gasteiger partial charge is 0.350 e. The molecule has 0 saturated carbocycles. The highest BCUT2D eigenvalue weighted by atomic mass is 79.9. The molecule has 0 aromatic heterocycles. The monoisotopic (exact) mass is 404 g/mol. The summed E-state index contributed by atoms with van der Waals surface area (Å²) in [5, 5.41) is 2.87. The van der Waals surface area contributed by atoms with Crippen molar-refractivity contribution in [3.8, 4) is 0 Å². The molecule has 1 aliphatic rings. The molecule has 1 N–H and O–H groups in total. The Balaban J connectivity index is 1.91. The number of carbonyl (C=O) groups is 2. The average Bonchev–Trinajstić information content (AvgIpc) is 2.76. The minimum Gasteiger partial charge on any atom is -0.350 e. The van der Waals surface area contributed by atoms with Gasteiger partial charge >= 0.3 is 0 Å². The number of halogens is 2. The van der Waals surface area contributed by atoms with E-state index in [9.17, 15) is 9.59 Å². The van der Waals surface area contributed by atoms with Crippen LogP contribution in [0.5, 0.6) is 0 Å². The SMILES string of the molecule is Cc1ccc(NC2=C(Cl)C(=O)N(c3ccc(Br)cc3)C2=O)cc1C. The number of rotatable bonds is 3. The lowest BCUT2D eigenvalue weighted by atomic mass is 10.1. The summed E-state index contributed by atoms with van der Waals surface area (Å²) in [4.78, 5) is 26.1. The van der Waals surface area contributed by atoms with Crippen LogP contribution in [0.4, 0.5) is 11.4 Å². The predicted octanol–water partition coefficient (Wildman–Crippen LogP) is 4.50. The summed E-state index contributed by atoms with van der Waals surface area (Å²) < 4.78 is 0.859. The minimum atomic E-state index is -0.532. The molecule has 0 aliphatic carbocycles. The summed E-state index contributed by atoms with van der Waals surface area (Å²) in [6, 6.07) is 12.6. The number of anilines is 2. The Kier molecular flexibility index (Phi) is 4.47. The third-order valence-electron chi connectivity index (χ3n) is 3.89. The Bertz CT molecular complexity index is 875. The molecule has 0 fully saturated rings. The van der Waals surface area contributed by atoms with Gasteiger partial charge in [-0.25, -0.2) is 4.90 Å². The van der Waals surface area contributed by atoms with E-state index >= 15 is 0 Å². The normalized spacial score (nSPS) is 14.6. The van der Waals surface area contributed by atoms with Crippen LogP contribution >= 0.6 is 27.5 Å². The second-order valence-corrected chi connectivity index (χ2v) is 6.83. The topological polar surface area (TPSA) is 49.4 Å². The van der Waals surface area contributed by atoms with Gasteiger partial charge in [0.15, 0.2) is 0 Å². The van der Waals surface area contributed by atoms with Crippen LogP contribution in [-0.2, 0) is 9.59 Å². The van der Waals surface area contributed by atoms with Crippen LogP contribution in [0.1, 0.15) is 11.1 Å². The summed E-state index contributed by atoms with van der Waals surface area (Å²) in [6.45, 7) is 3.98. The van der Waals surface area contributed by atoms with Crippen molar-refractivity contribution in [1.82, 2.24) is 0 Å². The highest BCUT2D eigenvalue weighted by Crippen LogP contribution is 2.31. The number of carbonyl (C=O) groups excluding carboxylic acids is 2. The second kappa shape index (κ2) is 6.42. The molecule has 24 heavy (non-hydrogen) atoms. The van der Waals surface area contributed by atoms with Gasteiger partial charge < -0.3 is 5.32 Å². The third kappa shape index (κ3) is 2.97. The van der Waals surface area contributed by atoms with Gasteiger partial charge in [-0.2, -0.15) is 0 Å². The zero-order valence-electron chi connectivity index (χ0n) is 13.1. The fourth-order valence-corrected chi connectivity index (χ4v) is 2.88. The highest BCUT2D eigenvalue weighted by molar-refractivity contribution is 9.10. The molecular weight excluding hydrogens is 392 g/mol. The lowest BCUT2D eigenvalue weighted by Gasteiger charge is -2.15. The summed E-state index contributed by atoms with van der Waals surface area (Å²) in [6.07, 6.45) is 0. The summed E-state index contributed by atoms with van der Waals surface area (Å²) in [5.41, 5.74) is 3.50. The number of amides is 2. The lowest BCUT2D eigenvalue weighted by molar-refractivity contribution is -0.120. The van der Waals surface area contributed by atoms with Gasteiger partial charge in [0.2, 0.25) is 0 Å². The zero-order valence-corrected chi connectivity index (χ0v) is 15.4. The van der Waals surface area contributed by atoms with Crippen molar-refractivity contribution >= 4 is 50.7 Å². The van der Waals surface area contributed by atoms with Crippen molar-refractivity contribution < 1.29 is 9.59 Å². The molecule has 3 rings (SSSR count). The fourth-order valence-electron chi connectivity index (χ4n) is 2.40. The summed E-state index contributed by atoms with van der Waals surface area (Å²) in [5.74, 6) is -0.999. The van der Waals surface area contributed by atoms with Crippen LogP contribution in [0.25, 0.3) is 0 Å². The summed E-state index contributed by atoms with van der Waals surface area (Å²) >= 11 is 9.44. The van der Waals surface area contributed by atoms with E-state index in [1.54, 1.807) is 24.3 Å². The van der Waals surface area contributed by atoms with Crippen molar-refractivity contribution in [1.29, 1.82) is 0 Å². The Morgan fingerprint density at radius 1 is 0.958 bits per heavy atom. The maximum absolute atomic E-state index is 12.7. The Hall–Kier alpha value is -2.11. The van der Waals surface area contributed by atoms with Crippen LogP contribution in [0, 0.1) is 13.8 Å². The molecular formula is C18H14BrClN2O2. The van der Waals surface area contributed by atoms with Crippen molar-refractivity contribution in [2.75, 3.05) is 10.2 Å². The number of nitrogens with one attached hydrogen (secondary N) is 1. The molecule has 6 heteroatoms. The molecule has 0 saturated heterocycles. The van der Waals surface area contributed by atoms with Crippen LogP contribution in [-0.4, -0.2) is 11.8 Å². The highest BCUT2D eigenvalue weighted by Gasteiger charge is 2.38. The summed E-state index contributed by atoms with van der Waals surface area (Å²) in [7, 11) is 0. The van der Waals surface area contributed by atoms with E-state index in [2.05, 4.69) is 21.2 Å². The Morgan fingerprint density at radius 2 is 1.62 bits per heavy atom. The number of nitrogens with zero attached hydrogens (tertiary/aromatic N) is 1. The molecule has 122 valence electrons. The molecule has 0 radical (unpaired) electrons. The zero-order chi connectivity index (χ0) is 17.4. The van der Waals surface area contributed by atoms with Crippen LogP contribution in [0.15, 0.2) is 57.7 Å². The molecule has 1 heterocycles. The van der Waals surface area contributed by atoms with E-state index in [4.69, 9.17) is 11.6 Å². The van der Waals surface area contributed by atoms with Crippen molar-refractivity contribution in [3.05, 3.63) is 68.8 Å². The maximum Gasteiger partial charge on any atom is 0.283 e. The van der Waals surface area contributed by atoms with Crippen LogP contribution in [0.2, 0.25) is 0 Å². The smallest absolute Gasteiger partial charge is 0.283 e. The third-order valence-corrected chi connectivity index (χ3v) is 4.77. The van der Waals surface area contributed by atoms with Crippen LogP contribution < -0.4 is 10.2 Å². The first-order chi connectivity index (χ1) is 11.4.